The fraction of sp³-hybridized carbons (Fsp3) is 0.600. The summed E-state index contributed by atoms with van der Waals surface area (Å²) in [6, 6.07) is 0. The van der Waals surface area contributed by atoms with Gasteiger partial charge < -0.3 is 5.32 Å². The molecule has 0 radical (unpaired) electrons. The van der Waals surface area contributed by atoms with E-state index < -0.39 is 0 Å². The van der Waals surface area contributed by atoms with E-state index in [2.05, 4.69) is 24.3 Å². The van der Waals surface area contributed by atoms with Gasteiger partial charge in [0.05, 0.1) is 6.20 Å². The van der Waals surface area contributed by atoms with E-state index in [1.54, 1.807) is 11.7 Å². The van der Waals surface area contributed by atoms with Gasteiger partial charge in [-0.2, -0.15) is 5.10 Å². The Hall–Kier alpha value is -1.32. The summed E-state index contributed by atoms with van der Waals surface area (Å²) in [5.74, 6) is 0.431. The second-order valence-corrected chi connectivity index (χ2v) is 3.67. The minimum Gasteiger partial charge on any atom is -0.358 e. The Morgan fingerprint density at radius 1 is 1.64 bits per heavy atom. The molecule has 1 aromatic heterocycles. The fourth-order valence-corrected chi connectivity index (χ4v) is 1.40. The van der Waals surface area contributed by atoms with Crippen molar-refractivity contribution in [3.8, 4) is 0 Å². The molecule has 0 aliphatic carbocycles. The highest BCUT2D eigenvalue weighted by Crippen LogP contribution is 2.17. The van der Waals surface area contributed by atoms with Crippen LogP contribution in [0.15, 0.2) is 6.20 Å². The highest BCUT2D eigenvalue weighted by atomic mass is 16.1. The molecule has 4 nitrogen and oxygen atoms in total. The number of rotatable bonds is 3. The van der Waals surface area contributed by atoms with Crippen molar-refractivity contribution in [2.75, 3.05) is 7.05 Å². The first-order valence-corrected chi connectivity index (χ1v) is 4.79. The molecule has 0 aromatic carbocycles. The minimum atomic E-state index is -0.0218. The summed E-state index contributed by atoms with van der Waals surface area (Å²) >= 11 is 0. The lowest BCUT2D eigenvalue weighted by atomic mass is 10.1. The molecule has 0 saturated carbocycles. The summed E-state index contributed by atoms with van der Waals surface area (Å²) in [6.45, 7) is 6.53. The van der Waals surface area contributed by atoms with Crippen molar-refractivity contribution in [3.05, 3.63) is 17.5 Å². The van der Waals surface area contributed by atoms with Crippen LogP contribution in [0, 0.1) is 6.92 Å². The van der Waals surface area contributed by atoms with Crippen LogP contribution < -0.4 is 5.32 Å². The zero-order valence-corrected chi connectivity index (χ0v) is 9.16. The molecule has 1 amide bonds. The normalized spacial score (nSPS) is 10.6. The third-order valence-corrected chi connectivity index (χ3v) is 2.34. The number of hydrogen-bond donors (Lipinski definition) is 1. The van der Waals surface area contributed by atoms with Crippen molar-refractivity contribution in [3.63, 3.8) is 0 Å². The Bertz CT molecular complexity index is 328. The van der Waals surface area contributed by atoms with Gasteiger partial charge in [-0.25, -0.2) is 0 Å². The highest BCUT2D eigenvalue weighted by Gasteiger charge is 2.10. The molecule has 0 unspecified atom stereocenters. The van der Waals surface area contributed by atoms with Crippen LogP contribution in [0.3, 0.4) is 0 Å². The van der Waals surface area contributed by atoms with E-state index in [9.17, 15) is 4.79 Å². The number of aromatic nitrogens is 2. The van der Waals surface area contributed by atoms with E-state index in [1.165, 1.54) is 5.56 Å². The van der Waals surface area contributed by atoms with Crippen LogP contribution in [0.5, 0.6) is 0 Å². The predicted octanol–water partition coefficient (Wildman–Crippen LogP) is 1.06. The zero-order valence-electron chi connectivity index (χ0n) is 9.16. The Kier molecular flexibility index (Phi) is 3.28. The second kappa shape index (κ2) is 4.26. The molecule has 0 saturated heterocycles. The van der Waals surface area contributed by atoms with Crippen molar-refractivity contribution < 1.29 is 4.79 Å². The fourth-order valence-electron chi connectivity index (χ4n) is 1.40. The highest BCUT2D eigenvalue weighted by molar-refractivity contribution is 5.75. The molecular weight excluding hydrogens is 178 g/mol. The standard InChI is InChI=1S/C10H17N3O/c1-7(2)9-5-12-13(8(9)3)6-10(14)11-4/h5,7H,6H2,1-4H3,(H,11,14). The van der Waals surface area contributed by atoms with Gasteiger partial charge in [0.2, 0.25) is 5.91 Å². The lowest BCUT2D eigenvalue weighted by molar-refractivity contribution is -0.121. The lowest BCUT2D eigenvalue weighted by Crippen LogP contribution is -2.24. The first kappa shape index (κ1) is 10.8. The molecule has 1 aromatic rings. The first-order chi connectivity index (χ1) is 6.56. The Morgan fingerprint density at radius 2 is 2.29 bits per heavy atom. The predicted molar refractivity (Wildman–Crippen MR) is 55.1 cm³/mol. The van der Waals surface area contributed by atoms with Gasteiger partial charge in [-0.3, -0.25) is 9.48 Å². The van der Waals surface area contributed by atoms with Gasteiger partial charge in [-0.15, -0.1) is 0 Å². The average Bonchev–Trinajstić information content (AvgIpc) is 2.48. The van der Waals surface area contributed by atoms with Crippen molar-refractivity contribution >= 4 is 5.91 Å². The molecule has 0 aliphatic heterocycles. The summed E-state index contributed by atoms with van der Waals surface area (Å²) in [5, 5.41) is 6.76. The SMILES string of the molecule is CNC(=O)Cn1ncc(C(C)C)c1C. The van der Waals surface area contributed by atoms with Gasteiger partial charge in [0.25, 0.3) is 0 Å². The van der Waals surface area contributed by atoms with E-state index in [0.717, 1.165) is 5.69 Å². The summed E-state index contributed by atoms with van der Waals surface area (Å²) < 4.78 is 1.73. The van der Waals surface area contributed by atoms with Gasteiger partial charge in [0, 0.05) is 12.7 Å². The summed E-state index contributed by atoms with van der Waals surface area (Å²) in [4.78, 5) is 11.1. The monoisotopic (exact) mass is 195 g/mol. The van der Waals surface area contributed by atoms with Crippen molar-refractivity contribution in [2.24, 2.45) is 0 Å². The maximum absolute atomic E-state index is 11.1. The molecule has 1 heterocycles. The molecule has 4 heteroatoms. The van der Waals surface area contributed by atoms with Crippen LogP contribution in [-0.4, -0.2) is 22.7 Å². The largest absolute Gasteiger partial charge is 0.358 e. The molecule has 1 N–H and O–H groups in total. The van der Waals surface area contributed by atoms with Crippen molar-refractivity contribution in [1.82, 2.24) is 15.1 Å². The molecule has 0 atom stereocenters. The smallest absolute Gasteiger partial charge is 0.241 e. The van der Waals surface area contributed by atoms with Crippen LogP contribution in [0.2, 0.25) is 0 Å². The minimum absolute atomic E-state index is 0.0218. The topological polar surface area (TPSA) is 46.9 Å². The summed E-state index contributed by atoms with van der Waals surface area (Å²) in [7, 11) is 1.63. The van der Waals surface area contributed by atoms with Gasteiger partial charge in [0.1, 0.15) is 6.54 Å². The molecule has 0 spiro atoms. The Morgan fingerprint density at radius 3 is 2.71 bits per heavy atom. The van der Waals surface area contributed by atoms with Crippen molar-refractivity contribution in [2.45, 2.75) is 33.2 Å². The van der Waals surface area contributed by atoms with Gasteiger partial charge >= 0.3 is 0 Å². The van der Waals surface area contributed by atoms with Gasteiger partial charge in [-0.05, 0) is 18.4 Å². The molecule has 78 valence electrons. The van der Waals surface area contributed by atoms with Crippen LogP contribution in [0.25, 0.3) is 0 Å². The second-order valence-electron chi connectivity index (χ2n) is 3.67. The van der Waals surface area contributed by atoms with Crippen LogP contribution >= 0.6 is 0 Å². The van der Waals surface area contributed by atoms with E-state index in [1.807, 2.05) is 13.1 Å². The molecule has 0 fully saturated rings. The van der Waals surface area contributed by atoms with Gasteiger partial charge in [0.15, 0.2) is 0 Å². The average molecular weight is 195 g/mol. The Labute approximate surface area is 84.3 Å². The van der Waals surface area contributed by atoms with E-state index in [0.29, 0.717) is 12.5 Å². The molecule has 14 heavy (non-hydrogen) atoms. The number of carbonyl (C=O) groups is 1. The molecule has 0 bridgehead atoms. The number of hydrogen-bond acceptors (Lipinski definition) is 2. The van der Waals surface area contributed by atoms with Crippen LogP contribution in [-0.2, 0) is 11.3 Å². The number of nitrogens with zero attached hydrogens (tertiary/aromatic N) is 2. The van der Waals surface area contributed by atoms with E-state index in [-0.39, 0.29) is 5.91 Å². The summed E-state index contributed by atoms with van der Waals surface area (Å²) in [5.41, 5.74) is 2.28. The van der Waals surface area contributed by atoms with Crippen LogP contribution in [0.4, 0.5) is 0 Å². The van der Waals surface area contributed by atoms with E-state index in [4.69, 9.17) is 0 Å². The zero-order chi connectivity index (χ0) is 10.7. The number of nitrogens with one attached hydrogen (secondary N) is 1. The van der Waals surface area contributed by atoms with Crippen molar-refractivity contribution in [1.29, 1.82) is 0 Å². The van der Waals surface area contributed by atoms with E-state index >= 15 is 0 Å². The maximum atomic E-state index is 11.1. The quantitative estimate of drug-likeness (QED) is 0.784. The molecule has 0 aliphatic rings. The maximum Gasteiger partial charge on any atom is 0.241 e. The molecule has 1 rings (SSSR count). The van der Waals surface area contributed by atoms with Gasteiger partial charge in [-0.1, -0.05) is 13.8 Å². The lowest BCUT2D eigenvalue weighted by Gasteiger charge is -2.06. The Balaban J connectivity index is 2.84. The first-order valence-electron chi connectivity index (χ1n) is 4.79. The summed E-state index contributed by atoms with van der Waals surface area (Å²) in [6.07, 6.45) is 1.84. The number of carbonyl (C=O) groups excluding carboxylic acids is 1. The third kappa shape index (κ3) is 2.13. The third-order valence-electron chi connectivity index (χ3n) is 2.34. The van der Waals surface area contributed by atoms with Crippen LogP contribution in [0.1, 0.15) is 31.0 Å². The number of likely N-dealkylation sites (N-methyl/N-ethyl adjacent to an activating group) is 1. The molecular formula is C10H17N3O. The number of amides is 1.